The van der Waals surface area contributed by atoms with Gasteiger partial charge in [-0.3, -0.25) is 4.79 Å². The first kappa shape index (κ1) is 50.1. The van der Waals surface area contributed by atoms with Crippen LogP contribution in [0, 0.1) is 0 Å². The molecular formula is C45H89NO5. The predicted molar refractivity (Wildman–Crippen MR) is 219 cm³/mol. The number of carbonyl (C=O) groups is 1. The van der Waals surface area contributed by atoms with Crippen molar-refractivity contribution in [2.24, 2.45) is 0 Å². The van der Waals surface area contributed by atoms with Crippen LogP contribution in [0.1, 0.15) is 239 Å². The molecule has 0 aromatic heterocycles. The van der Waals surface area contributed by atoms with E-state index in [2.05, 4.69) is 31.3 Å². The number of rotatable bonds is 41. The topological polar surface area (TPSA) is 110 Å². The molecule has 0 aliphatic carbocycles. The molecule has 0 rings (SSSR count). The first-order chi connectivity index (χ1) is 25.0. The van der Waals surface area contributed by atoms with E-state index in [9.17, 15) is 25.2 Å². The summed E-state index contributed by atoms with van der Waals surface area (Å²) in [5.74, 6) is -0.590. The number of hydrogen-bond donors (Lipinski definition) is 5. The molecule has 0 aromatic carbocycles. The van der Waals surface area contributed by atoms with Crippen LogP contribution in [0.2, 0.25) is 0 Å². The first-order valence-corrected chi connectivity index (χ1v) is 22.6. The summed E-state index contributed by atoms with van der Waals surface area (Å²) in [6, 6.07) is -0.986. The van der Waals surface area contributed by atoms with Gasteiger partial charge in [0.1, 0.15) is 12.2 Å². The Kier molecular flexibility index (Phi) is 39.5. The number of nitrogens with one attached hydrogen (secondary N) is 1. The fourth-order valence-electron chi connectivity index (χ4n) is 7.11. The summed E-state index contributed by atoms with van der Waals surface area (Å²) in [6.07, 6.45) is 43.8. The normalized spacial score (nSPS) is 14.2. The minimum Gasteiger partial charge on any atom is -0.394 e. The largest absolute Gasteiger partial charge is 0.394 e. The monoisotopic (exact) mass is 724 g/mol. The summed E-state index contributed by atoms with van der Waals surface area (Å²) in [6.45, 7) is 4.05. The van der Waals surface area contributed by atoms with Crippen molar-refractivity contribution in [3.8, 4) is 0 Å². The molecule has 5 N–H and O–H groups in total. The second-order valence-corrected chi connectivity index (χ2v) is 15.8. The summed E-state index contributed by atoms with van der Waals surface area (Å²) in [5, 5.41) is 43.7. The minimum atomic E-state index is -1.26. The lowest BCUT2D eigenvalue weighted by atomic mass is 9.99. The molecule has 0 aliphatic rings. The van der Waals surface area contributed by atoms with Crippen molar-refractivity contribution in [1.29, 1.82) is 0 Å². The van der Waals surface area contributed by atoms with Crippen LogP contribution in [0.15, 0.2) is 12.2 Å². The number of unbranched alkanes of at least 4 members (excludes halogenated alkanes) is 30. The Morgan fingerprint density at radius 3 is 1.14 bits per heavy atom. The number of amides is 1. The van der Waals surface area contributed by atoms with E-state index in [1.807, 2.05) is 0 Å². The molecule has 6 heteroatoms. The second-order valence-electron chi connectivity index (χ2n) is 15.8. The maximum absolute atomic E-state index is 12.5. The molecule has 0 aromatic rings. The zero-order valence-corrected chi connectivity index (χ0v) is 34.1. The third kappa shape index (κ3) is 34.6. The average molecular weight is 724 g/mol. The Morgan fingerprint density at radius 1 is 0.471 bits per heavy atom. The third-order valence-electron chi connectivity index (χ3n) is 10.7. The van der Waals surface area contributed by atoms with Crippen LogP contribution in [0.25, 0.3) is 0 Å². The van der Waals surface area contributed by atoms with Gasteiger partial charge in [-0.1, -0.05) is 212 Å². The maximum atomic E-state index is 12.5. The minimum absolute atomic E-state index is 0.357. The lowest BCUT2D eigenvalue weighted by Gasteiger charge is -2.27. The van der Waals surface area contributed by atoms with Gasteiger partial charge < -0.3 is 25.7 Å². The van der Waals surface area contributed by atoms with Crippen LogP contribution in [0.4, 0.5) is 0 Å². The zero-order valence-electron chi connectivity index (χ0n) is 34.1. The van der Waals surface area contributed by atoms with E-state index in [0.29, 0.717) is 12.8 Å². The molecule has 4 unspecified atom stereocenters. The molecule has 0 fully saturated rings. The highest BCUT2D eigenvalue weighted by molar-refractivity contribution is 5.80. The molecule has 4 atom stereocenters. The SMILES string of the molecule is CCCCCCCCC/C=C\CCCCCCC(O)C(=O)NC(CO)C(O)C(O)CCCCCCCCCCCCCCCCCCCCCC. The molecule has 0 radical (unpaired) electrons. The second kappa shape index (κ2) is 40.2. The van der Waals surface area contributed by atoms with Crippen molar-refractivity contribution < 1.29 is 25.2 Å². The molecule has 0 saturated heterocycles. The van der Waals surface area contributed by atoms with Gasteiger partial charge in [0, 0.05) is 0 Å². The Hall–Kier alpha value is -0.950. The fourth-order valence-corrected chi connectivity index (χ4v) is 7.11. The van der Waals surface area contributed by atoms with E-state index in [1.165, 1.54) is 161 Å². The van der Waals surface area contributed by atoms with Crippen molar-refractivity contribution in [2.75, 3.05) is 6.61 Å². The van der Waals surface area contributed by atoms with E-state index in [-0.39, 0.29) is 0 Å². The highest BCUT2D eigenvalue weighted by atomic mass is 16.3. The van der Waals surface area contributed by atoms with Crippen LogP contribution in [-0.4, -0.2) is 57.3 Å². The first-order valence-electron chi connectivity index (χ1n) is 22.6. The summed E-state index contributed by atoms with van der Waals surface area (Å²) in [5.41, 5.74) is 0. The summed E-state index contributed by atoms with van der Waals surface area (Å²) in [4.78, 5) is 12.5. The summed E-state index contributed by atoms with van der Waals surface area (Å²) >= 11 is 0. The quantitative estimate of drug-likeness (QED) is 0.0319. The maximum Gasteiger partial charge on any atom is 0.249 e. The number of allylic oxidation sites excluding steroid dienone is 2. The smallest absolute Gasteiger partial charge is 0.249 e. The van der Waals surface area contributed by atoms with E-state index in [0.717, 1.165) is 51.4 Å². The lowest BCUT2D eigenvalue weighted by molar-refractivity contribution is -0.132. The van der Waals surface area contributed by atoms with Gasteiger partial charge in [0.15, 0.2) is 0 Å². The molecule has 6 nitrogen and oxygen atoms in total. The zero-order chi connectivity index (χ0) is 37.5. The predicted octanol–water partition coefficient (Wildman–Crippen LogP) is 11.8. The van der Waals surface area contributed by atoms with Gasteiger partial charge in [-0.25, -0.2) is 0 Å². The summed E-state index contributed by atoms with van der Waals surface area (Å²) in [7, 11) is 0. The molecule has 0 aliphatic heterocycles. The van der Waals surface area contributed by atoms with Crippen molar-refractivity contribution in [3.63, 3.8) is 0 Å². The van der Waals surface area contributed by atoms with Gasteiger partial charge in [0.25, 0.3) is 0 Å². The Labute approximate surface area is 317 Å². The van der Waals surface area contributed by atoms with Crippen molar-refractivity contribution >= 4 is 5.91 Å². The summed E-state index contributed by atoms with van der Waals surface area (Å²) < 4.78 is 0. The van der Waals surface area contributed by atoms with E-state index >= 15 is 0 Å². The van der Waals surface area contributed by atoms with Gasteiger partial charge in [-0.05, 0) is 38.5 Å². The highest BCUT2D eigenvalue weighted by Gasteiger charge is 2.28. The van der Waals surface area contributed by atoms with Gasteiger partial charge in [-0.15, -0.1) is 0 Å². The molecular weight excluding hydrogens is 634 g/mol. The number of aliphatic hydroxyl groups is 4. The highest BCUT2D eigenvalue weighted by Crippen LogP contribution is 2.17. The van der Waals surface area contributed by atoms with E-state index in [1.54, 1.807) is 0 Å². The lowest BCUT2D eigenvalue weighted by Crippen LogP contribution is -2.53. The van der Waals surface area contributed by atoms with Crippen LogP contribution >= 0.6 is 0 Å². The number of carbonyl (C=O) groups excluding carboxylic acids is 1. The standard InChI is InChI=1S/C45H89NO5/c1-3-5-7-9-11-13-15-17-19-20-21-22-23-25-26-28-30-32-34-36-38-42(48)44(50)41(40-47)46-45(51)43(49)39-37-35-33-31-29-27-24-18-16-14-12-10-8-6-4-2/h24,27,41-44,47-50H,3-23,25-26,28-40H2,1-2H3,(H,46,51)/b27-24-. The van der Waals surface area contributed by atoms with Crippen LogP contribution in [-0.2, 0) is 4.79 Å². The molecule has 0 spiro atoms. The fraction of sp³-hybridized carbons (Fsp3) is 0.933. The molecule has 304 valence electrons. The van der Waals surface area contributed by atoms with Crippen LogP contribution in [0.5, 0.6) is 0 Å². The number of aliphatic hydroxyl groups excluding tert-OH is 4. The Balaban J connectivity index is 3.71. The molecule has 0 saturated carbocycles. The van der Waals surface area contributed by atoms with Gasteiger partial charge in [-0.2, -0.15) is 0 Å². The van der Waals surface area contributed by atoms with Crippen molar-refractivity contribution in [3.05, 3.63) is 12.2 Å². The molecule has 51 heavy (non-hydrogen) atoms. The van der Waals surface area contributed by atoms with Gasteiger partial charge in [0.2, 0.25) is 5.91 Å². The van der Waals surface area contributed by atoms with Crippen molar-refractivity contribution in [1.82, 2.24) is 5.32 Å². The molecule has 1 amide bonds. The van der Waals surface area contributed by atoms with E-state index in [4.69, 9.17) is 0 Å². The average Bonchev–Trinajstić information content (AvgIpc) is 3.13. The van der Waals surface area contributed by atoms with E-state index < -0.39 is 36.9 Å². The molecule has 0 bridgehead atoms. The third-order valence-corrected chi connectivity index (χ3v) is 10.7. The van der Waals surface area contributed by atoms with Gasteiger partial charge in [0.05, 0.1) is 18.8 Å². The Morgan fingerprint density at radius 2 is 0.784 bits per heavy atom. The Bertz CT molecular complexity index is 731. The molecule has 0 heterocycles. The van der Waals surface area contributed by atoms with Crippen LogP contribution in [0.3, 0.4) is 0 Å². The van der Waals surface area contributed by atoms with Gasteiger partial charge >= 0.3 is 0 Å². The van der Waals surface area contributed by atoms with Crippen molar-refractivity contribution in [2.45, 2.75) is 263 Å². The number of hydrogen-bond acceptors (Lipinski definition) is 5. The van der Waals surface area contributed by atoms with Crippen LogP contribution < -0.4 is 5.32 Å².